The number of thioether (sulfide) groups is 1. The van der Waals surface area contributed by atoms with Crippen LogP contribution in [0.25, 0.3) is 11.3 Å². The Morgan fingerprint density at radius 3 is 2.65 bits per heavy atom. The summed E-state index contributed by atoms with van der Waals surface area (Å²) in [7, 11) is 0. The molecule has 0 aliphatic carbocycles. The SMILES string of the molecule is NCCSc1nccc(-c2ccc(Br)cc2)n1. The van der Waals surface area contributed by atoms with E-state index in [4.69, 9.17) is 5.73 Å². The first-order valence-electron chi connectivity index (χ1n) is 5.21. The summed E-state index contributed by atoms with van der Waals surface area (Å²) >= 11 is 4.99. The molecule has 1 aromatic heterocycles. The number of hydrogen-bond donors (Lipinski definition) is 1. The summed E-state index contributed by atoms with van der Waals surface area (Å²) < 4.78 is 1.06. The van der Waals surface area contributed by atoms with Crippen molar-refractivity contribution in [3.63, 3.8) is 0 Å². The van der Waals surface area contributed by atoms with Crippen LogP contribution >= 0.6 is 27.7 Å². The summed E-state index contributed by atoms with van der Waals surface area (Å²) in [6.45, 7) is 0.635. The van der Waals surface area contributed by atoms with E-state index in [1.165, 1.54) is 0 Å². The van der Waals surface area contributed by atoms with Gasteiger partial charge in [0, 0.05) is 28.5 Å². The second-order valence-corrected chi connectivity index (χ2v) is 5.35. The summed E-state index contributed by atoms with van der Waals surface area (Å²) in [5, 5.41) is 0.774. The number of hydrogen-bond acceptors (Lipinski definition) is 4. The highest BCUT2D eigenvalue weighted by atomic mass is 79.9. The lowest BCUT2D eigenvalue weighted by molar-refractivity contribution is 0.969. The van der Waals surface area contributed by atoms with Gasteiger partial charge in [-0.15, -0.1) is 0 Å². The molecule has 0 radical (unpaired) electrons. The molecule has 3 nitrogen and oxygen atoms in total. The average molecular weight is 310 g/mol. The van der Waals surface area contributed by atoms with Crippen LogP contribution in [0.15, 0.2) is 46.2 Å². The minimum atomic E-state index is 0.635. The van der Waals surface area contributed by atoms with Crippen LogP contribution in [0.1, 0.15) is 0 Å². The van der Waals surface area contributed by atoms with E-state index in [1.807, 2.05) is 30.3 Å². The van der Waals surface area contributed by atoms with E-state index >= 15 is 0 Å². The predicted octanol–water partition coefficient (Wildman–Crippen LogP) is 2.96. The Bertz CT molecular complexity index is 487. The van der Waals surface area contributed by atoms with Gasteiger partial charge in [-0.2, -0.15) is 0 Å². The minimum absolute atomic E-state index is 0.635. The Hall–Kier alpha value is -0.910. The van der Waals surface area contributed by atoms with Crippen LogP contribution in [0.3, 0.4) is 0 Å². The zero-order valence-corrected chi connectivity index (χ0v) is 11.5. The molecule has 17 heavy (non-hydrogen) atoms. The molecule has 0 aliphatic heterocycles. The molecule has 0 atom stereocenters. The molecule has 0 saturated heterocycles. The van der Waals surface area contributed by atoms with Gasteiger partial charge < -0.3 is 5.73 Å². The van der Waals surface area contributed by atoms with Crippen molar-refractivity contribution in [3.8, 4) is 11.3 Å². The smallest absolute Gasteiger partial charge is 0.188 e. The largest absolute Gasteiger partial charge is 0.330 e. The van der Waals surface area contributed by atoms with Gasteiger partial charge in [0.2, 0.25) is 0 Å². The summed E-state index contributed by atoms with van der Waals surface area (Å²) in [6.07, 6.45) is 1.78. The van der Waals surface area contributed by atoms with Crippen molar-refractivity contribution in [2.45, 2.75) is 5.16 Å². The maximum Gasteiger partial charge on any atom is 0.188 e. The third-order valence-electron chi connectivity index (χ3n) is 2.12. The predicted molar refractivity (Wildman–Crippen MR) is 74.9 cm³/mol. The highest BCUT2D eigenvalue weighted by Gasteiger charge is 2.02. The zero-order chi connectivity index (χ0) is 12.1. The van der Waals surface area contributed by atoms with E-state index in [9.17, 15) is 0 Å². The van der Waals surface area contributed by atoms with Crippen molar-refractivity contribution in [3.05, 3.63) is 41.0 Å². The minimum Gasteiger partial charge on any atom is -0.330 e. The fraction of sp³-hybridized carbons (Fsp3) is 0.167. The van der Waals surface area contributed by atoms with Gasteiger partial charge in [0.25, 0.3) is 0 Å². The molecule has 0 fully saturated rings. The van der Waals surface area contributed by atoms with Crippen LogP contribution < -0.4 is 5.73 Å². The van der Waals surface area contributed by atoms with Crippen LogP contribution in [0.4, 0.5) is 0 Å². The molecule has 2 rings (SSSR count). The highest BCUT2D eigenvalue weighted by Crippen LogP contribution is 2.21. The molecular formula is C12H12BrN3S. The summed E-state index contributed by atoms with van der Waals surface area (Å²) in [4.78, 5) is 8.70. The van der Waals surface area contributed by atoms with E-state index in [2.05, 4.69) is 25.9 Å². The Kier molecular flexibility index (Phi) is 4.53. The third-order valence-corrected chi connectivity index (χ3v) is 3.55. The number of nitrogens with two attached hydrogens (primary N) is 1. The van der Waals surface area contributed by atoms with Gasteiger partial charge in [0.15, 0.2) is 5.16 Å². The fourth-order valence-electron chi connectivity index (χ4n) is 1.34. The fourth-order valence-corrected chi connectivity index (χ4v) is 2.21. The van der Waals surface area contributed by atoms with Gasteiger partial charge in [0.1, 0.15) is 0 Å². The molecular weight excluding hydrogens is 298 g/mol. The summed E-state index contributed by atoms with van der Waals surface area (Å²) in [5.74, 6) is 0.837. The molecule has 0 spiro atoms. The van der Waals surface area contributed by atoms with E-state index in [0.717, 1.165) is 26.6 Å². The molecule has 0 aliphatic rings. The van der Waals surface area contributed by atoms with E-state index in [-0.39, 0.29) is 0 Å². The van der Waals surface area contributed by atoms with E-state index < -0.39 is 0 Å². The second kappa shape index (κ2) is 6.14. The number of rotatable bonds is 4. The Balaban J connectivity index is 2.23. The Labute approximate surface area is 113 Å². The van der Waals surface area contributed by atoms with Crippen molar-refractivity contribution in [1.82, 2.24) is 9.97 Å². The first kappa shape index (κ1) is 12.5. The lowest BCUT2D eigenvalue weighted by atomic mass is 10.1. The average Bonchev–Trinajstić information content (AvgIpc) is 2.37. The van der Waals surface area contributed by atoms with Gasteiger partial charge in [-0.1, -0.05) is 39.8 Å². The molecule has 1 aromatic carbocycles. The van der Waals surface area contributed by atoms with Crippen LogP contribution in [0, 0.1) is 0 Å². The van der Waals surface area contributed by atoms with Gasteiger partial charge in [0.05, 0.1) is 5.69 Å². The quantitative estimate of drug-likeness (QED) is 0.697. The maximum absolute atomic E-state index is 5.46. The Morgan fingerprint density at radius 2 is 1.94 bits per heavy atom. The molecule has 5 heteroatoms. The van der Waals surface area contributed by atoms with Crippen molar-refractivity contribution in [2.75, 3.05) is 12.3 Å². The molecule has 88 valence electrons. The van der Waals surface area contributed by atoms with Crippen molar-refractivity contribution in [1.29, 1.82) is 0 Å². The lowest BCUT2D eigenvalue weighted by Gasteiger charge is -2.03. The topological polar surface area (TPSA) is 51.8 Å². The molecule has 0 unspecified atom stereocenters. The zero-order valence-electron chi connectivity index (χ0n) is 9.14. The number of nitrogens with zero attached hydrogens (tertiary/aromatic N) is 2. The molecule has 1 heterocycles. The first-order chi connectivity index (χ1) is 8.29. The molecule has 2 N–H and O–H groups in total. The monoisotopic (exact) mass is 309 g/mol. The Morgan fingerprint density at radius 1 is 1.18 bits per heavy atom. The van der Waals surface area contributed by atoms with E-state index in [1.54, 1.807) is 18.0 Å². The van der Waals surface area contributed by atoms with Gasteiger partial charge >= 0.3 is 0 Å². The highest BCUT2D eigenvalue weighted by molar-refractivity contribution is 9.10. The molecule has 2 aromatic rings. The second-order valence-electron chi connectivity index (χ2n) is 3.37. The van der Waals surface area contributed by atoms with Gasteiger partial charge in [-0.3, -0.25) is 0 Å². The van der Waals surface area contributed by atoms with Crippen LogP contribution in [-0.4, -0.2) is 22.3 Å². The number of aromatic nitrogens is 2. The number of benzene rings is 1. The maximum atomic E-state index is 5.46. The first-order valence-corrected chi connectivity index (χ1v) is 6.99. The third kappa shape index (κ3) is 3.52. The van der Waals surface area contributed by atoms with E-state index in [0.29, 0.717) is 6.54 Å². The molecule has 0 bridgehead atoms. The van der Waals surface area contributed by atoms with Crippen LogP contribution in [-0.2, 0) is 0 Å². The molecule has 0 amide bonds. The normalized spacial score (nSPS) is 10.5. The number of halogens is 1. The van der Waals surface area contributed by atoms with Gasteiger partial charge in [-0.25, -0.2) is 9.97 Å². The standard InChI is InChI=1S/C12H12BrN3S/c13-10-3-1-9(2-4-10)11-5-7-15-12(16-11)17-8-6-14/h1-5,7H,6,8,14H2. The summed E-state index contributed by atoms with van der Waals surface area (Å²) in [6, 6.07) is 9.98. The van der Waals surface area contributed by atoms with Crippen LogP contribution in [0.2, 0.25) is 0 Å². The lowest BCUT2D eigenvalue weighted by Crippen LogP contribution is -2.02. The van der Waals surface area contributed by atoms with Crippen molar-refractivity contribution in [2.24, 2.45) is 5.73 Å². The summed E-state index contributed by atoms with van der Waals surface area (Å²) in [5.41, 5.74) is 7.49. The van der Waals surface area contributed by atoms with Crippen molar-refractivity contribution >= 4 is 27.7 Å². The van der Waals surface area contributed by atoms with Crippen LogP contribution in [0.5, 0.6) is 0 Å². The van der Waals surface area contributed by atoms with Crippen molar-refractivity contribution < 1.29 is 0 Å². The van der Waals surface area contributed by atoms with Gasteiger partial charge in [-0.05, 0) is 18.2 Å². The molecule has 0 saturated carbocycles.